The third-order valence-electron chi connectivity index (χ3n) is 5.65. The Bertz CT molecular complexity index is 805. The van der Waals surface area contributed by atoms with Crippen molar-refractivity contribution < 1.29 is 29.3 Å². The molecule has 0 bridgehead atoms. The van der Waals surface area contributed by atoms with Crippen LogP contribution < -0.4 is 5.32 Å². The molecule has 3 rings (SSSR count). The zero-order chi connectivity index (χ0) is 20.3. The number of carboxylic acids is 1. The third-order valence-corrected chi connectivity index (χ3v) is 7.06. The first-order chi connectivity index (χ1) is 13.3. The summed E-state index contributed by atoms with van der Waals surface area (Å²) in [6.45, 7) is 5.25. The van der Waals surface area contributed by atoms with E-state index < -0.39 is 17.8 Å². The monoisotopic (exact) mass is 407 g/mol. The van der Waals surface area contributed by atoms with Crippen LogP contribution in [0.2, 0.25) is 0 Å². The molecule has 2 fully saturated rings. The van der Waals surface area contributed by atoms with E-state index >= 15 is 0 Å². The van der Waals surface area contributed by atoms with Gasteiger partial charge in [-0.3, -0.25) is 0 Å². The summed E-state index contributed by atoms with van der Waals surface area (Å²) < 4.78 is 11.6. The molecule has 1 amide bonds. The zero-order valence-electron chi connectivity index (χ0n) is 16.0. The van der Waals surface area contributed by atoms with Crippen LogP contribution in [-0.4, -0.2) is 47.8 Å². The molecule has 1 aliphatic heterocycles. The second-order valence-corrected chi connectivity index (χ2v) is 8.35. The van der Waals surface area contributed by atoms with Gasteiger partial charge in [-0.1, -0.05) is 18.8 Å². The fourth-order valence-corrected chi connectivity index (χ4v) is 5.45. The molecule has 1 aliphatic carbocycles. The van der Waals surface area contributed by atoms with Crippen LogP contribution in [0.4, 0.5) is 4.79 Å². The molecule has 152 valence electrons. The molecule has 1 aromatic heterocycles. The van der Waals surface area contributed by atoms with Gasteiger partial charge in [-0.05, 0) is 37.2 Å². The molecule has 28 heavy (non-hydrogen) atoms. The summed E-state index contributed by atoms with van der Waals surface area (Å²) in [6.07, 6.45) is 2.53. The molecular formula is C20H25NO6S. The molecule has 8 heteroatoms. The molecule has 1 saturated carbocycles. The first-order valence-electron chi connectivity index (χ1n) is 9.43. The van der Waals surface area contributed by atoms with E-state index in [4.69, 9.17) is 14.6 Å². The fourth-order valence-electron chi connectivity index (χ4n) is 4.14. The number of hydrogen-bond acceptors (Lipinski definition) is 5. The largest absolute Gasteiger partial charge is 0.478 e. The first-order valence-corrected chi connectivity index (χ1v) is 10.2. The van der Waals surface area contributed by atoms with Crippen molar-refractivity contribution in [3.05, 3.63) is 20.9 Å². The van der Waals surface area contributed by atoms with Gasteiger partial charge in [-0.15, -0.1) is 11.3 Å². The van der Waals surface area contributed by atoms with Crippen LogP contribution in [0.5, 0.6) is 0 Å². The Balaban J connectivity index is 1.76. The van der Waals surface area contributed by atoms with Crippen LogP contribution in [0.3, 0.4) is 0 Å². The van der Waals surface area contributed by atoms with Crippen molar-refractivity contribution in [3.63, 3.8) is 0 Å². The van der Waals surface area contributed by atoms with Crippen LogP contribution >= 0.6 is 11.3 Å². The highest BCUT2D eigenvalue weighted by Crippen LogP contribution is 2.46. The molecule has 7 nitrogen and oxygen atoms in total. The summed E-state index contributed by atoms with van der Waals surface area (Å²) in [5.74, 6) is 4.77. The van der Waals surface area contributed by atoms with Crippen molar-refractivity contribution in [3.8, 4) is 11.8 Å². The summed E-state index contributed by atoms with van der Waals surface area (Å²) in [5.41, 5.74) is 0.985. The minimum absolute atomic E-state index is 0.0407. The average molecular weight is 407 g/mol. The summed E-state index contributed by atoms with van der Waals surface area (Å²) in [6, 6.07) is 0. The molecule has 0 radical (unpaired) electrons. The van der Waals surface area contributed by atoms with Gasteiger partial charge in [0.15, 0.2) is 5.79 Å². The zero-order valence-corrected chi connectivity index (χ0v) is 16.9. The van der Waals surface area contributed by atoms with Crippen LogP contribution in [0.25, 0.3) is 0 Å². The predicted octanol–water partition coefficient (Wildman–Crippen LogP) is 3.41. The van der Waals surface area contributed by atoms with Crippen LogP contribution in [0.15, 0.2) is 0 Å². The lowest BCUT2D eigenvalue weighted by molar-refractivity contribution is -0.183. The number of amides is 1. The molecule has 1 aromatic rings. The normalized spacial score (nSPS) is 19.8. The first kappa shape index (κ1) is 20.6. The molecule has 2 aliphatic rings. The van der Waals surface area contributed by atoms with Crippen molar-refractivity contribution in [1.82, 2.24) is 5.32 Å². The Hall–Kier alpha value is -2.08. The van der Waals surface area contributed by atoms with E-state index in [2.05, 4.69) is 24.1 Å². The van der Waals surface area contributed by atoms with Crippen LogP contribution in [-0.2, 0) is 9.47 Å². The Kier molecular flexibility index (Phi) is 6.28. The molecule has 0 aromatic carbocycles. The summed E-state index contributed by atoms with van der Waals surface area (Å²) in [4.78, 5) is 23.8. The Morgan fingerprint density at radius 2 is 1.93 bits per heavy atom. The Labute approximate surface area is 168 Å². The van der Waals surface area contributed by atoms with Gasteiger partial charge in [0.2, 0.25) is 0 Å². The fraction of sp³-hybridized carbons (Fsp3) is 0.600. The minimum atomic E-state index is -1.16. The number of carboxylic acid groups (broad SMARTS) is 2. The van der Waals surface area contributed by atoms with Crippen molar-refractivity contribution in [2.75, 3.05) is 19.8 Å². The SMILES string of the molecule is Cc1c(C(C)C2CCC3(CC2)OCCO3)sc(C#CCNC(=O)O)c1C(=O)O. The number of ether oxygens (including phenoxy) is 2. The van der Waals surface area contributed by atoms with E-state index in [0.29, 0.717) is 24.0 Å². The van der Waals surface area contributed by atoms with Gasteiger partial charge in [0, 0.05) is 17.7 Å². The standard InChI is InChI=1S/C20H25NO6S/c1-12(14-5-7-20(8-6-14)26-10-11-27-20)17-13(2)16(18(22)23)15(28-17)4-3-9-21-19(24)25/h12,14,21H,5-11H2,1-2H3,(H,22,23)(H,24,25). The van der Waals surface area contributed by atoms with Crippen molar-refractivity contribution in [2.45, 2.75) is 51.2 Å². The Morgan fingerprint density at radius 3 is 2.50 bits per heavy atom. The van der Waals surface area contributed by atoms with Gasteiger partial charge < -0.3 is 25.0 Å². The van der Waals surface area contributed by atoms with Gasteiger partial charge in [0.1, 0.15) is 0 Å². The maximum absolute atomic E-state index is 11.8. The molecule has 1 saturated heterocycles. The maximum Gasteiger partial charge on any atom is 0.405 e. The van der Waals surface area contributed by atoms with E-state index in [9.17, 15) is 14.7 Å². The highest BCUT2D eigenvalue weighted by Gasteiger charge is 2.42. The van der Waals surface area contributed by atoms with E-state index in [1.807, 2.05) is 6.92 Å². The van der Waals surface area contributed by atoms with Crippen LogP contribution in [0.1, 0.15) is 64.2 Å². The maximum atomic E-state index is 11.8. The van der Waals surface area contributed by atoms with Crippen LogP contribution in [0, 0.1) is 24.7 Å². The van der Waals surface area contributed by atoms with Crippen molar-refractivity contribution in [2.24, 2.45) is 5.92 Å². The third kappa shape index (κ3) is 4.32. The minimum Gasteiger partial charge on any atom is -0.478 e. The summed E-state index contributed by atoms with van der Waals surface area (Å²) in [5, 5.41) is 20.4. The number of thiophene rings is 1. The quantitative estimate of drug-likeness (QED) is 0.661. The number of nitrogens with one attached hydrogen (secondary N) is 1. The number of rotatable bonds is 4. The lowest BCUT2D eigenvalue weighted by Gasteiger charge is -2.37. The summed E-state index contributed by atoms with van der Waals surface area (Å²) in [7, 11) is 0. The van der Waals surface area contributed by atoms with Crippen molar-refractivity contribution in [1.29, 1.82) is 0 Å². The highest BCUT2D eigenvalue weighted by atomic mass is 32.1. The predicted molar refractivity (Wildman–Crippen MR) is 104 cm³/mol. The lowest BCUT2D eigenvalue weighted by atomic mass is 9.77. The van der Waals surface area contributed by atoms with E-state index in [0.717, 1.165) is 36.1 Å². The number of aromatic carboxylic acids is 1. The lowest BCUT2D eigenvalue weighted by Crippen LogP contribution is -2.36. The average Bonchev–Trinajstić information content (AvgIpc) is 3.23. The Morgan fingerprint density at radius 1 is 1.29 bits per heavy atom. The van der Waals surface area contributed by atoms with Gasteiger partial charge in [-0.25, -0.2) is 9.59 Å². The molecular weight excluding hydrogens is 382 g/mol. The van der Waals surface area contributed by atoms with Gasteiger partial charge in [-0.2, -0.15) is 0 Å². The van der Waals surface area contributed by atoms with E-state index in [1.54, 1.807) is 0 Å². The van der Waals surface area contributed by atoms with Gasteiger partial charge >= 0.3 is 12.1 Å². The molecule has 1 atom stereocenters. The topological polar surface area (TPSA) is 105 Å². The molecule has 3 N–H and O–H groups in total. The van der Waals surface area contributed by atoms with Gasteiger partial charge in [0.25, 0.3) is 0 Å². The number of carbonyl (C=O) groups is 2. The summed E-state index contributed by atoms with van der Waals surface area (Å²) >= 11 is 1.41. The number of hydrogen-bond donors (Lipinski definition) is 3. The van der Waals surface area contributed by atoms with Crippen molar-refractivity contribution >= 4 is 23.4 Å². The van der Waals surface area contributed by atoms with E-state index in [1.165, 1.54) is 11.3 Å². The smallest absolute Gasteiger partial charge is 0.405 e. The van der Waals surface area contributed by atoms with Gasteiger partial charge in [0.05, 0.1) is 30.2 Å². The molecule has 2 heterocycles. The second-order valence-electron chi connectivity index (χ2n) is 7.29. The van der Waals surface area contributed by atoms with E-state index in [-0.39, 0.29) is 18.0 Å². The molecule has 1 unspecified atom stereocenters. The molecule has 1 spiro atoms. The highest BCUT2D eigenvalue weighted by molar-refractivity contribution is 7.13. The second kappa shape index (κ2) is 8.52.